The molecule has 0 aromatic carbocycles. The Morgan fingerprint density at radius 3 is 2.67 bits per heavy atom. The van der Waals surface area contributed by atoms with Crippen molar-refractivity contribution in [2.24, 2.45) is 0 Å². The third kappa shape index (κ3) is 6.70. The lowest BCUT2D eigenvalue weighted by atomic mass is 10.1. The van der Waals surface area contributed by atoms with E-state index >= 15 is 0 Å². The fraction of sp³-hybridized carbons (Fsp3) is 1.00. The van der Waals surface area contributed by atoms with Gasteiger partial charge in [0.15, 0.2) is 0 Å². The zero-order chi connectivity index (χ0) is 11.1. The van der Waals surface area contributed by atoms with Crippen molar-refractivity contribution in [3.05, 3.63) is 0 Å². The largest absolute Gasteiger partial charge is 0.411 e. The molecule has 0 aromatic rings. The predicted octanol–water partition coefficient (Wildman–Crippen LogP) is 1.33. The van der Waals surface area contributed by atoms with Gasteiger partial charge >= 0.3 is 6.18 Å². The van der Waals surface area contributed by atoms with Crippen molar-refractivity contribution in [2.75, 3.05) is 32.9 Å². The lowest BCUT2D eigenvalue weighted by Gasteiger charge is -2.23. The molecule has 6 heteroatoms. The molecule has 1 fully saturated rings. The van der Waals surface area contributed by atoms with E-state index < -0.39 is 12.8 Å². The fourth-order valence-electron chi connectivity index (χ4n) is 1.42. The maximum Gasteiger partial charge on any atom is 0.411 e. The van der Waals surface area contributed by atoms with Crippen LogP contribution in [-0.2, 0) is 9.47 Å². The second kappa shape index (κ2) is 6.30. The Morgan fingerprint density at radius 1 is 1.27 bits per heavy atom. The average molecular weight is 227 g/mol. The second-order valence-electron chi connectivity index (χ2n) is 3.51. The quantitative estimate of drug-likeness (QED) is 0.719. The van der Waals surface area contributed by atoms with Crippen LogP contribution in [-0.4, -0.2) is 45.2 Å². The Kier molecular flexibility index (Phi) is 5.35. The van der Waals surface area contributed by atoms with Crippen LogP contribution < -0.4 is 5.32 Å². The number of hydrogen-bond donors (Lipinski definition) is 1. The van der Waals surface area contributed by atoms with Gasteiger partial charge in [0.2, 0.25) is 0 Å². The van der Waals surface area contributed by atoms with Crippen LogP contribution in [0.15, 0.2) is 0 Å². The molecule has 1 heterocycles. The number of alkyl halides is 3. The van der Waals surface area contributed by atoms with Crippen LogP contribution in [0.5, 0.6) is 0 Å². The molecule has 3 nitrogen and oxygen atoms in total. The Morgan fingerprint density at radius 2 is 2.07 bits per heavy atom. The van der Waals surface area contributed by atoms with Gasteiger partial charge in [-0.25, -0.2) is 0 Å². The SMILES string of the molecule is FC(F)(F)COCCOC1CCCNC1. The summed E-state index contributed by atoms with van der Waals surface area (Å²) in [5.41, 5.74) is 0. The number of hydrogen-bond acceptors (Lipinski definition) is 3. The molecule has 1 aliphatic rings. The molecule has 0 bridgehead atoms. The third-order valence-corrected chi connectivity index (χ3v) is 2.10. The molecule has 1 aliphatic heterocycles. The number of piperidine rings is 1. The lowest BCUT2D eigenvalue weighted by molar-refractivity contribution is -0.177. The summed E-state index contributed by atoms with van der Waals surface area (Å²) in [5, 5.41) is 3.15. The highest BCUT2D eigenvalue weighted by Crippen LogP contribution is 2.14. The molecule has 1 unspecified atom stereocenters. The molecular weight excluding hydrogens is 211 g/mol. The van der Waals surface area contributed by atoms with Crippen molar-refractivity contribution in [3.8, 4) is 0 Å². The molecule has 0 amide bonds. The van der Waals surface area contributed by atoms with Gasteiger partial charge < -0.3 is 14.8 Å². The van der Waals surface area contributed by atoms with Crippen molar-refractivity contribution < 1.29 is 22.6 Å². The van der Waals surface area contributed by atoms with Crippen molar-refractivity contribution in [3.63, 3.8) is 0 Å². The minimum atomic E-state index is -4.24. The fourth-order valence-corrected chi connectivity index (χ4v) is 1.42. The summed E-state index contributed by atoms with van der Waals surface area (Å²) in [7, 11) is 0. The highest BCUT2D eigenvalue weighted by Gasteiger charge is 2.27. The highest BCUT2D eigenvalue weighted by molar-refractivity contribution is 4.68. The highest BCUT2D eigenvalue weighted by atomic mass is 19.4. The summed E-state index contributed by atoms with van der Waals surface area (Å²) in [5.74, 6) is 0. The molecule has 0 radical (unpaired) electrons. The van der Waals surface area contributed by atoms with E-state index in [9.17, 15) is 13.2 Å². The third-order valence-electron chi connectivity index (χ3n) is 2.10. The standard InChI is InChI=1S/C9H16F3NO2/c10-9(11,12)7-14-4-5-15-8-2-1-3-13-6-8/h8,13H,1-7H2. The van der Waals surface area contributed by atoms with Crippen molar-refractivity contribution in [1.29, 1.82) is 0 Å². The number of ether oxygens (including phenoxy) is 2. The monoisotopic (exact) mass is 227 g/mol. The lowest BCUT2D eigenvalue weighted by Crippen LogP contribution is -2.36. The van der Waals surface area contributed by atoms with E-state index in [4.69, 9.17) is 4.74 Å². The summed E-state index contributed by atoms with van der Waals surface area (Å²) in [4.78, 5) is 0. The molecule has 0 aromatic heterocycles. The molecule has 0 aliphatic carbocycles. The number of halogens is 3. The van der Waals surface area contributed by atoms with Gasteiger partial charge in [0, 0.05) is 6.54 Å². The summed E-state index contributed by atoms with van der Waals surface area (Å²) in [6.07, 6.45) is -2.11. The first kappa shape index (κ1) is 12.7. The van der Waals surface area contributed by atoms with Crippen LogP contribution in [0.4, 0.5) is 13.2 Å². The number of nitrogens with one attached hydrogen (secondary N) is 1. The summed E-state index contributed by atoms with van der Waals surface area (Å²) in [6, 6.07) is 0. The van der Waals surface area contributed by atoms with E-state index in [1.807, 2.05) is 0 Å². The Bertz CT molecular complexity index is 169. The van der Waals surface area contributed by atoms with Crippen molar-refractivity contribution in [2.45, 2.75) is 25.1 Å². The Balaban J connectivity index is 1.92. The molecule has 0 saturated carbocycles. The summed E-state index contributed by atoms with van der Waals surface area (Å²) < 4.78 is 44.7. The first-order chi connectivity index (χ1) is 7.08. The van der Waals surface area contributed by atoms with Gasteiger partial charge in [-0.15, -0.1) is 0 Å². The molecule has 90 valence electrons. The van der Waals surface area contributed by atoms with Crippen LogP contribution in [0, 0.1) is 0 Å². The topological polar surface area (TPSA) is 30.5 Å². The summed E-state index contributed by atoms with van der Waals surface area (Å²) in [6.45, 7) is 0.793. The average Bonchev–Trinajstić information content (AvgIpc) is 2.17. The van der Waals surface area contributed by atoms with Gasteiger partial charge in [0.1, 0.15) is 6.61 Å². The zero-order valence-electron chi connectivity index (χ0n) is 8.48. The van der Waals surface area contributed by atoms with Crippen LogP contribution in [0.2, 0.25) is 0 Å². The molecule has 1 saturated heterocycles. The van der Waals surface area contributed by atoms with Gasteiger partial charge in [-0.2, -0.15) is 13.2 Å². The molecular formula is C9H16F3NO2. The van der Waals surface area contributed by atoms with E-state index in [0.717, 1.165) is 25.9 Å². The normalized spacial score (nSPS) is 23.0. The number of rotatable bonds is 5. The van der Waals surface area contributed by atoms with E-state index in [2.05, 4.69) is 10.1 Å². The Labute approximate surface area is 86.9 Å². The zero-order valence-corrected chi connectivity index (χ0v) is 8.48. The second-order valence-corrected chi connectivity index (χ2v) is 3.51. The molecule has 15 heavy (non-hydrogen) atoms. The minimum absolute atomic E-state index is 0.00396. The van der Waals surface area contributed by atoms with Crippen molar-refractivity contribution in [1.82, 2.24) is 5.32 Å². The van der Waals surface area contributed by atoms with E-state index in [1.165, 1.54) is 0 Å². The predicted molar refractivity (Wildman–Crippen MR) is 48.7 cm³/mol. The smallest absolute Gasteiger partial charge is 0.375 e. The van der Waals surface area contributed by atoms with Crippen LogP contribution in [0.1, 0.15) is 12.8 Å². The van der Waals surface area contributed by atoms with Gasteiger partial charge in [-0.05, 0) is 19.4 Å². The van der Waals surface area contributed by atoms with Gasteiger partial charge in [-0.3, -0.25) is 0 Å². The minimum Gasteiger partial charge on any atom is -0.375 e. The molecule has 0 spiro atoms. The van der Waals surface area contributed by atoms with E-state index in [0.29, 0.717) is 0 Å². The molecule has 1 rings (SSSR count). The maximum absolute atomic E-state index is 11.7. The van der Waals surface area contributed by atoms with Crippen molar-refractivity contribution >= 4 is 0 Å². The van der Waals surface area contributed by atoms with Crippen LogP contribution in [0.25, 0.3) is 0 Å². The van der Waals surface area contributed by atoms with Gasteiger partial charge in [0.05, 0.1) is 19.3 Å². The first-order valence-electron chi connectivity index (χ1n) is 5.05. The summed E-state index contributed by atoms with van der Waals surface area (Å²) >= 11 is 0. The van der Waals surface area contributed by atoms with Crippen LogP contribution in [0.3, 0.4) is 0 Å². The van der Waals surface area contributed by atoms with Gasteiger partial charge in [0.25, 0.3) is 0 Å². The molecule has 1 atom stereocenters. The Hall–Kier alpha value is -0.330. The van der Waals surface area contributed by atoms with Crippen LogP contribution >= 0.6 is 0 Å². The maximum atomic E-state index is 11.7. The van der Waals surface area contributed by atoms with E-state index in [1.54, 1.807) is 0 Å². The van der Waals surface area contributed by atoms with E-state index in [-0.39, 0.29) is 19.3 Å². The first-order valence-corrected chi connectivity index (χ1v) is 5.05. The van der Waals surface area contributed by atoms with Gasteiger partial charge in [-0.1, -0.05) is 0 Å². The molecule has 1 N–H and O–H groups in total.